The van der Waals surface area contributed by atoms with Crippen LogP contribution in [-0.2, 0) is 11.2 Å². The summed E-state index contributed by atoms with van der Waals surface area (Å²) >= 11 is 0. The summed E-state index contributed by atoms with van der Waals surface area (Å²) in [6.45, 7) is 3.81. The molecule has 0 spiro atoms. The fourth-order valence-electron chi connectivity index (χ4n) is 4.47. The lowest BCUT2D eigenvalue weighted by molar-refractivity contribution is -0.130. The molecule has 4 nitrogen and oxygen atoms in total. The number of carbonyl (C=O) groups excluding carboxylic acids is 2. The Morgan fingerprint density at radius 2 is 1.81 bits per heavy atom. The maximum Gasteiger partial charge on any atom is 0.223 e. The zero-order valence-corrected chi connectivity index (χ0v) is 17.2. The number of aryl methyl sites for hydroxylation is 1. The minimum atomic E-state index is 0. The van der Waals surface area contributed by atoms with Crippen LogP contribution in [0.25, 0.3) is 0 Å². The molecule has 0 radical (unpaired) electrons. The number of hydrogen-bond acceptors (Lipinski definition) is 3. The topological polar surface area (TPSA) is 63.4 Å². The summed E-state index contributed by atoms with van der Waals surface area (Å²) in [5.74, 6) is 1.21. The molecule has 1 aromatic carbocycles. The maximum atomic E-state index is 12.5. The summed E-state index contributed by atoms with van der Waals surface area (Å²) in [7, 11) is 0. The molecule has 1 saturated heterocycles. The minimum Gasteiger partial charge on any atom is -0.342 e. The predicted molar refractivity (Wildman–Crippen MR) is 111 cm³/mol. The Labute approximate surface area is 169 Å². The van der Waals surface area contributed by atoms with Crippen LogP contribution in [0.15, 0.2) is 24.3 Å². The van der Waals surface area contributed by atoms with Gasteiger partial charge in [-0.05, 0) is 43.1 Å². The van der Waals surface area contributed by atoms with Crippen LogP contribution in [0.5, 0.6) is 0 Å². The summed E-state index contributed by atoms with van der Waals surface area (Å²) in [5, 5.41) is 0. The van der Waals surface area contributed by atoms with Gasteiger partial charge in [0.05, 0.1) is 0 Å². The molecule has 0 bridgehead atoms. The van der Waals surface area contributed by atoms with Gasteiger partial charge in [-0.1, -0.05) is 44.0 Å². The average molecular weight is 393 g/mol. The fraction of sp³-hybridized carbons (Fsp3) is 0.636. The van der Waals surface area contributed by atoms with Crippen molar-refractivity contribution in [2.45, 2.75) is 64.3 Å². The minimum absolute atomic E-state index is 0. The molecule has 1 heterocycles. The van der Waals surface area contributed by atoms with E-state index in [1.807, 2.05) is 29.2 Å². The molecule has 1 aliphatic carbocycles. The predicted octanol–water partition coefficient (Wildman–Crippen LogP) is 4.00. The van der Waals surface area contributed by atoms with Gasteiger partial charge in [0.1, 0.15) is 0 Å². The Balaban J connectivity index is 0.00000261. The van der Waals surface area contributed by atoms with Crippen molar-refractivity contribution in [3.05, 3.63) is 35.4 Å². The number of Topliss-reactive ketones (excluding diaryl/α,β-unsaturated/α-hetero) is 1. The van der Waals surface area contributed by atoms with Crippen molar-refractivity contribution < 1.29 is 9.59 Å². The first-order valence-electron chi connectivity index (χ1n) is 10.2. The Hall–Kier alpha value is -1.39. The van der Waals surface area contributed by atoms with Gasteiger partial charge in [0, 0.05) is 37.5 Å². The van der Waals surface area contributed by atoms with Gasteiger partial charge in [-0.3, -0.25) is 9.59 Å². The smallest absolute Gasteiger partial charge is 0.223 e. The Kier molecular flexibility index (Phi) is 8.30. The Morgan fingerprint density at radius 1 is 1.07 bits per heavy atom. The second kappa shape index (κ2) is 10.2. The molecule has 3 unspecified atom stereocenters. The second-order valence-electron chi connectivity index (χ2n) is 8.04. The van der Waals surface area contributed by atoms with Gasteiger partial charge < -0.3 is 10.6 Å². The highest BCUT2D eigenvalue weighted by molar-refractivity contribution is 5.98. The van der Waals surface area contributed by atoms with E-state index in [4.69, 9.17) is 5.73 Å². The second-order valence-corrected chi connectivity index (χ2v) is 8.04. The number of carbonyl (C=O) groups is 2. The van der Waals surface area contributed by atoms with Gasteiger partial charge in [-0.2, -0.15) is 0 Å². The first-order chi connectivity index (χ1) is 12.6. The average Bonchev–Trinajstić information content (AvgIpc) is 3.22. The van der Waals surface area contributed by atoms with E-state index in [2.05, 4.69) is 6.92 Å². The monoisotopic (exact) mass is 392 g/mol. The third kappa shape index (κ3) is 5.55. The summed E-state index contributed by atoms with van der Waals surface area (Å²) < 4.78 is 0. The molecule has 27 heavy (non-hydrogen) atoms. The normalized spacial score (nSPS) is 23.8. The number of ketones is 1. The summed E-state index contributed by atoms with van der Waals surface area (Å²) in [6.07, 6.45) is 7.56. The van der Waals surface area contributed by atoms with Gasteiger partial charge in [0.15, 0.2) is 5.78 Å². The van der Waals surface area contributed by atoms with E-state index in [1.54, 1.807) is 0 Å². The van der Waals surface area contributed by atoms with E-state index < -0.39 is 0 Å². The van der Waals surface area contributed by atoms with Gasteiger partial charge in [-0.25, -0.2) is 0 Å². The molecule has 0 aromatic heterocycles. The van der Waals surface area contributed by atoms with E-state index in [-0.39, 0.29) is 30.1 Å². The highest BCUT2D eigenvalue weighted by Gasteiger charge is 2.42. The quantitative estimate of drug-likeness (QED) is 0.537. The molecular formula is C22H33ClN2O2. The molecule has 1 aliphatic heterocycles. The van der Waals surface area contributed by atoms with Crippen LogP contribution in [0.2, 0.25) is 0 Å². The number of halogens is 1. The number of hydrogen-bond donors (Lipinski definition) is 1. The zero-order chi connectivity index (χ0) is 18.5. The summed E-state index contributed by atoms with van der Waals surface area (Å²) in [4.78, 5) is 26.8. The van der Waals surface area contributed by atoms with E-state index in [0.29, 0.717) is 24.7 Å². The zero-order valence-electron chi connectivity index (χ0n) is 16.4. The number of unbranched alkanes of at least 4 members (excludes halogenated alkanes) is 2. The van der Waals surface area contributed by atoms with Crippen molar-refractivity contribution in [3.63, 3.8) is 0 Å². The van der Waals surface area contributed by atoms with E-state index >= 15 is 0 Å². The largest absolute Gasteiger partial charge is 0.342 e. The lowest BCUT2D eigenvalue weighted by atomic mass is 9.98. The van der Waals surface area contributed by atoms with Crippen LogP contribution in [0.1, 0.15) is 67.8 Å². The van der Waals surface area contributed by atoms with Crippen LogP contribution in [0.4, 0.5) is 0 Å². The van der Waals surface area contributed by atoms with E-state index in [1.165, 1.54) is 24.8 Å². The van der Waals surface area contributed by atoms with Crippen molar-refractivity contribution in [3.8, 4) is 0 Å². The molecule has 1 aromatic rings. The molecule has 1 saturated carbocycles. The van der Waals surface area contributed by atoms with Gasteiger partial charge in [0.2, 0.25) is 5.91 Å². The molecular weight excluding hydrogens is 360 g/mol. The highest BCUT2D eigenvalue weighted by Crippen LogP contribution is 2.37. The van der Waals surface area contributed by atoms with Crippen LogP contribution >= 0.6 is 12.4 Å². The van der Waals surface area contributed by atoms with Gasteiger partial charge in [-0.15, -0.1) is 12.4 Å². The summed E-state index contributed by atoms with van der Waals surface area (Å²) in [6, 6.07) is 8.16. The molecule has 150 valence electrons. The van der Waals surface area contributed by atoms with Crippen LogP contribution < -0.4 is 5.73 Å². The molecule has 2 N–H and O–H groups in total. The standard InChI is InChI=1S/C22H32N2O2.ClH/c1-2-3-4-5-16-6-8-17(9-7-16)21(25)12-13-22(26)24-14-18-10-11-20(23)19(18)15-24;/h6-9,18-20H,2-5,10-15,23H2,1H3;1H. The maximum absolute atomic E-state index is 12.5. The molecule has 5 heteroatoms. The van der Waals surface area contributed by atoms with Gasteiger partial charge in [0.25, 0.3) is 0 Å². The molecule has 3 rings (SSSR count). The molecule has 3 atom stereocenters. The van der Waals surface area contributed by atoms with E-state index in [0.717, 1.165) is 37.9 Å². The SMILES string of the molecule is CCCCCc1ccc(C(=O)CCC(=O)N2CC3CCC(N)C3C2)cc1.Cl. The Bertz CT molecular complexity index is 632. The number of amides is 1. The fourth-order valence-corrected chi connectivity index (χ4v) is 4.47. The van der Waals surface area contributed by atoms with Gasteiger partial charge >= 0.3 is 0 Å². The lowest BCUT2D eigenvalue weighted by Gasteiger charge is -2.18. The van der Waals surface area contributed by atoms with Crippen LogP contribution in [0, 0.1) is 11.8 Å². The third-order valence-electron chi connectivity index (χ3n) is 6.18. The Morgan fingerprint density at radius 3 is 2.48 bits per heavy atom. The van der Waals surface area contributed by atoms with Crippen molar-refractivity contribution in [1.29, 1.82) is 0 Å². The molecule has 2 fully saturated rings. The van der Waals surface area contributed by atoms with Crippen molar-refractivity contribution >= 4 is 24.1 Å². The van der Waals surface area contributed by atoms with Crippen LogP contribution in [0.3, 0.4) is 0 Å². The summed E-state index contributed by atoms with van der Waals surface area (Å²) in [5.41, 5.74) is 8.14. The van der Waals surface area contributed by atoms with Crippen molar-refractivity contribution in [2.75, 3.05) is 13.1 Å². The molecule has 1 amide bonds. The number of nitrogens with two attached hydrogens (primary N) is 1. The first-order valence-corrected chi connectivity index (χ1v) is 10.2. The number of nitrogens with zero attached hydrogens (tertiary/aromatic N) is 1. The van der Waals surface area contributed by atoms with Crippen molar-refractivity contribution in [2.24, 2.45) is 17.6 Å². The number of rotatable bonds is 8. The molecule has 2 aliphatic rings. The van der Waals surface area contributed by atoms with Crippen molar-refractivity contribution in [1.82, 2.24) is 4.90 Å². The van der Waals surface area contributed by atoms with E-state index in [9.17, 15) is 9.59 Å². The van der Waals surface area contributed by atoms with Crippen LogP contribution in [-0.4, -0.2) is 35.7 Å². The number of benzene rings is 1. The number of fused-ring (bicyclic) bond motifs is 1. The third-order valence-corrected chi connectivity index (χ3v) is 6.18. The number of likely N-dealkylation sites (tertiary alicyclic amines) is 1. The lowest BCUT2D eigenvalue weighted by Crippen LogP contribution is -2.33. The highest BCUT2D eigenvalue weighted by atomic mass is 35.5. The first kappa shape index (κ1) is 21.9.